The summed E-state index contributed by atoms with van der Waals surface area (Å²) >= 11 is 1.70. The number of rotatable bonds is 3. The highest BCUT2D eigenvalue weighted by molar-refractivity contribution is 8.01. The number of amides is 2. The molecule has 0 saturated carbocycles. The number of carbonyl (C=O) groups excluding carboxylic acids is 2. The van der Waals surface area contributed by atoms with Gasteiger partial charge in [0.2, 0.25) is 11.8 Å². The highest BCUT2D eigenvalue weighted by atomic mass is 32.2. The van der Waals surface area contributed by atoms with E-state index in [2.05, 4.69) is 36.0 Å². The number of thioether (sulfide) groups is 1. The predicted molar refractivity (Wildman–Crippen MR) is 106 cm³/mol. The third-order valence-corrected chi connectivity index (χ3v) is 7.01. The van der Waals surface area contributed by atoms with Gasteiger partial charge in [0.1, 0.15) is 11.9 Å². The van der Waals surface area contributed by atoms with Crippen molar-refractivity contribution in [1.82, 2.24) is 9.88 Å². The summed E-state index contributed by atoms with van der Waals surface area (Å²) in [6, 6.07) is 3.39. The summed E-state index contributed by atoms with van der Waals surface area (Å²) in [6.07, 6.45) is 3.36. The molecule has 1 aromatic rings. The molecule has 4 heterocycles. The van der Waals surface area contributed by atoms with E-state index in [0.717, 1.165) is 25.3 Å². The van der Waals surface area contributed by atoms with Gasteiger partial charge in [-0.1, -0.05) is 0 Å². The lowest BCUT2D eigenvalue weighted by atomic mass is 10.2. The van der Waals surface area contributed by atoms with Crippen molar-refractivity contribution >= 4 is 35.1 Å². The zero-order chi connectivity index (χ0) is 19.2. The summed E-state index contributed by atoms with van der Waals surface area (Å²) < 4.78 is 5.76. The molecule has 0 aliphatic carbocycles. The maximum absolute atomic E-state index is 12.7. The molecule has 4 atom stereocenters. The topological polar surface area (TPSA) is 74.8 Å². The van der Waals surface area contributed by atoms with Crippen LogP contribution in [-0.2, 0) is 14.3 Å². The van der Waals surface area contributed by atoms with Crippen molar-refractivity contribution in [3.05, 3.63) is 18.3 Å². The van der Waals surface area contributed by atoms with Crippen molar-refractivity contribution < 1.29 is 14.3 Å². The summed E-state index contributed by atoms with van der Waals surface area (Å²) in [5, 5.41) is 2.93. The Morgan fingerprint density at radius 3 is 2.74 bits per heavy atom. The first-order valence-corrected chi connectivity index (χ1v) is 10.5. The van der Waals surface area contributed by atoms with Crippen molar-refractivity contribution in [3.8, 4) is 0 Å². The predicted octanol–water partition coefficient (Wildman–Crippen LogP) is 2.09. The van der Waals surface area contributed by atoms with Gasteiger partial charge < -0.3 is 19.9 Å². The van der Waals surface area contributed by atoms with E-state index in [1.54, 1.807) is 22.9 Å². The molecule has 0 spiro atoms. The Morgan fingerprint density at radius 2 is 2.07 bits per heavy atom. The number of ether oxygens (including phenoxy) is 1. The normalized spacial score (nSPS) is 33.3. The van der Waals surface area contributed by atoms with Crippen LogP contribution >= 0.6 is 11.8 Å². The molecule has 3 fully saturated rings. The molecule has 3 aliphatic rings. The van der Waals surface area contributed by atoms with E-state index >= 15 is 0 Å². The quantitative estimate of drug-likeness (QED) is 0.852. The minimum absolute atomic E-state index is 0.0756. The number of nitrogens with zero attached hydrogens (tertiary/aromatic N) is 3. The smallest absolute Gasteiger partial charge is 0.248 e. The number of nitrogens with one attached hydrogen (secondary N) is 1. The standard InChI is InChI=1S/C19H26N4O3S/c1-12-9-22(10-13(2)26-12)16-5-4-14(8-20-16)21-18(25)15-11-27-19(3)7-6-17(24)23(15)19/h4-5,8,12-13,15H,6-7,9-11H2,1-3H3,(H,21,25)/t12-,13-,15+,19+/m1/s1. The van der Waals surface area contributed by atoms with E-state index in [0.29, 0.717) is 17.9 Å². The van der Waals surface area contributed by atoms with Gasteiger partial charge in [0, 0.05) is 25.3 Å². The molecule has 1 N–H and O–H groups in total. The number of hydrogen-bond donors (Lipinski definition) is 1. The van der Waals surface area contributed by atoms with Crippen LogP contribution in [0.4, 0.5) is 11.5 Å². The lowest BCUT2D eigenvalue weighted by Gasteiger charge is -2.36. The second-order valence-electron chi connectivity index (χ2n) is 7.82. The number of morpholine rings is 1. The van der Waals surface area contributed by atoms with Crippen molar-refractivity contribution in [3.63, 3.8) is 0 Å². The first-order chi connectivity index (χ1) is 12.9. The monoisotopic (exact) mass is 390 g/mol. The first-order valence-electron chi connectivity index (χ1n) is 9.49. The number of pyridine rings is 1. The van der Waals surface area contributed by atoms with Gasteiger partial charge in [0.15, 0.2) is 0 Å². The zero-order valence-electron chi connectivity index (χ0n) is 16.0. The van der Waals surface area contributed by atoms with Crippen LogP contribution in [0.15, 0.2) is 18.3 Å². The van der Waals surface area contributed by atoms with Crippen LogP contribution in [0, 0.1) is 0 Å². The summed E-state index contributed by atoms with van der Waals surface area (Å²) in [7, 11) is 0. The number of fused-ring (bicyclic) bond motifs is 1. The maximum atomic E-state index is 12.7. The largest absolute Gasteiger partial charge is 0.372 e. The fraction of sp³-hybridized carbons (Fsp3) is 0.632. The highest BCUT2D eigenvalue weighted by Crippen LogP contribution is 2.47. The molecular weight excluding hydrogens is 364 g/mol. The molecule has 4 rings (SSSR count). The van der Waals surface area contributed by atoms with E-state index in [-0.39, 0.29) is 28.9 Å². The van der Waals surface area contributed by atoms with Gasteiger partial charge in [-0.05, 0) is 39.3 Å². The molecule has 27 heavy (non-hydrogen) atoms. The summed E-state index contributed by atoms with van der Waals surface area (Å²) in [6.45, 7) is 7.78. The van der Waals surface area contributed by atoms with Gasteiger partial charge in [0.05, 0.1) is 29.0 Å². The van der Waals surface area contributed by atoms with E-state index < -0.39 is 6.04 Å². The Labute approximate surface area is 163 Å². The average molecular weight is 391 g/mol. The molecule has 0 bridgehead atoms. The lowest BCUT2D eigenvalue weighted by Crippen LogP contribution is -2.48. The van der Waals surface area contributed by atoms with Gasteiger partial charge in [0.25, 0.3) is 0 Å². The van der Waals surface area contributed by atoms with Crippen LogP contribution in [0.5, 0.6) is 0 Å². The molecule has 0 radical (unpaired) electrons. The van der Waals surface area contributed by atoms with Crippen LogP contribution in [0.1, 0.15) is 33.6 Å². The fourth-order valence-electron chi connectivity index (χ4n) is 4.25. The Kier molecular flexibility index (Phi) is 4.80. The molecule has 8 heteroatoms. The fourth-order valence-corrected chi connectivity index (χ4v) is 5.68. The van der Waals surface area contributed by atoms with Gasteiger partial charge in [-0.15, -0.1) is 11.8 Å². The van der Waals surface area contributed by atoms with Gasteiger partial charge >= 0.3 is 0 Å². The Hall–Kier alpha value is -1.80. The zero-order valence-corrected chi connectivity index (χ0v) is 16.8. The van der Waals surface area contributed by atoms with Gasteiger partial charge in [-0.25, -0.2) is 4.98 Å². The molecule has 0 aromatic carbocycles. The average Bonchev–Trinajstić information content (AvgIpc) is 3.11. The minimum Gasteiger partial charge on any atom is -0.372 e. The third kappa shape index (κ3) is 3.52. The molecule has 7 nitrogen and oxygen atoms in total. The molecule has 0 unspecified atom stereocenters. The second-order valence-corrected chi connectivity index (χ2v) is 9.32. The Morgan fingerprint density at radius 1 is 1.33 bits per heavy atom. The van der Waals surface area contributed by atoms with Crippen LogP contribution in [0.3, 0.4) is 0 Å². The third-order valence-electron chi connectivity index (χ3n) is 5.51. The molecular formula is C19H26N4O3S. The number of hydrogen-bond acceptors (Lipinski definition) is 6. The molecule has 3 aliphatic heterocycles. The van der Waals surface area contributed by atoms with E-state index in [1.807, 2.05) is 12.1 Å². The van der Waals surface area contributed by atoms with Crippen molar-refractivity contribution in [2.75, 3.05) is 29.1 Å². The first kappa shape index (κ1) is 18.6. The highest BCUT2D eigenvalue weighted by Gasteiger charge is 2.52. The molecule has 3 saturated heterocycles. The molecule has 146 valence electrons. The van der Waals surface area contributed by atoms with Gasteiger partial charge in [-0.3, -0.25) is 9.59 Å². The molecule has 2 amide bonds. The number of carbonyl (C=O) groups is 2. The van der Waals surface area contributed by atoms with Crippen molar-refractivity contribution in [1.29, 1.82) is 0 Å². The summed E-state index contributed by atoms with van der Waals surface area (Å²) in [5.41, 5.74) is 0.656. The van der Waals surface area contributed by atoms with Crippen LogP contribution in [-0.4, -0.2) is 63.7 Å². The van der Waals surface area contributed by atoms with Crippen LogP contribution in [0.25, 0.3) is 0 Å². The van der Waals surface area contributed by atoms with Crippen molar-refractivity contribution in [2.24, 2.45) is 0 Å². The second kappa shape index (κ2) is 6.98. The lowest BCUT2D eigenvalue weighted by molar-refractivity contribution is -0.135. The summed E-state index contributed by atoms with van der Waals surface area (Å²) in [4.78, 5) is 33.2. The Bertz CT molecular complexity index is 733. The van der Waals surface area contributed by atoms with E-state index in [4.69, 9.17) is 4.74 Å². The van der Waals surface area contributed by atoms with Gasteiger partial charge in [-0.2, -0.15) is 0 Å². The SMILES string of the molecule is C[C@@H]1CN(c2ccc(NC(=O)[C@@H]3CS[C@@]4(C)CCC(=O)N34)cn2)C[C@@H](C)O1. The van der Waals surface area contributed by atoms with Crippen LogP contribution < -0.4 is 10.2 Å². The Balaban J connectivity index is 1.41. The minimum atomic E-state index is -0.407. The van der Waals surface area contributed by atoms with Crippen molar-refractivity contribution in [2.45, 2.75) is 56.7 Å². The van der Waals surface area contributed by atoms with Crippen LogP contribution in [0.2, 0.25) is 0 Å². The molecule has 1 aromatic heterocycles. The number of anilines is 2. The number of aromatic nitrogens is 1. The maximum Gasteiger partial charge on any atom is 0.248 e. The van der Waals surface area contributed by atoms with E-state index in [1.165, 1.54) is 0 Å². The van der Waals surface area contributed by atoms with E-state index in [9.17, 15) is 9.59 Å². The summed E-state index contributed by atoms with van der Waals surface area (Å²) in [5.74, 6) is 1.47.